The van der Waals surface area contributed by atoms with Crippen LogP contribution in [0.4, 0.5) is 0 Å². The first kappa shape index (κ1) is 11.6. The van der Waals surface area contributed by atoms with Gasteiger partial charge in [-0.2, -0.15) is 0 Å². The summed E-state index contributed by atoms with van der Waals surface area (Å²) in [6.45, 7) is 2.88. The molecule has 3 heteroatoms. The van der Waals surface area contributed by atoms with E-state index in [0.29, 0.717) is 0 Å². The summed E-state index contributed by atoms with van der Waals surface area (Å²) in [5, 5.41) is 0. The molecule has 1 atom stereocenters. The Kier molecular flexibility index (Phi) is 7.57. The monoisotopic (exact) mass is 218 g/mol. The van der Waals surface area contributed by atoms with Crippen LogP contribution < -0.4 is 0 Å². The van der Waals surface area contributed by atoms with Crippen molar-refractivity contribution >= 4 is 5.97 Å². The Balaban J connectivity index is 0. The maximum atomic E-state index is 10.1. The van der Waals surface area contributed by atoms with Crippen LogP contribution in [0.3, 0.4) is 0 Å². The zero-order valence-corrected chi connectivity index (χ0v) is 6.68. The van der Waals surface area contributed by atoms with E-state index in [9.17, 15) is 4.79 Å². The van der Waals surface area contributed by atoms with Gasteiger partial charge >= 0.3 is 28.3 Å². The summed E-state index contributed by atoms with van der Waals surface area (Å²) in [5.74, 6) is 1.63. The van der Waals surface area contributed by atoms with Crippen LogP contribution in [-0.4, -0.2) is 12.1 Å². The second-order valence-corrected chi connectivity index (χ2v) is 1.40. The molecule has 0 spiro atoms. The van der Waals surface area contributed by atoms with E-state index in [-0.39, 0.29) is 28.3 Å². The predicted octanol–water partition coefficient (Wildman–Crippen LogP) is 0.525. The number of rotatable bonds is 1. The molecule has 0 aromatic carbocycles. The molecule has 0 bridgehead atoms. The van der Waals surface area contributed by atoms with Crippen LogP contribution in [0.15, 0.2) is 0 Å². The van der Waals surface area contributed by atoms with Crippen LogP contribution in [0, 0.1) is 12.3 Å². The van der Waals surface area contributed by atoms with Gasteiger partial charge in [0, 0.05) is 6.92 Å². The van der Waals surface area contributed by atoms with E-state index < -0.39 is 6.10 Å². The normalized spacial score (nSPS) is 10.3. The smallest absolute Gasteiger partial charge is 0.690 e. The number of carbonyl (C=O) groups is 1. The molecule has 54 valence electrons. The predicted molar refractivity (Wildman–Crippen MR) is 28.4 cm³/mol. The molecule has 9 heavy (non-hydrogen) atoms. The molecule has 2 nitrogen and oxygen atoms in total. The van der Waals surface area contributed by atoms with E-state index in [0.717, 1.165) is 0 Å². The van der Waals surface area contributed by atoms with Crippen LogP contribution in [0.2, 0.25) is 0 Å². The van der Waals surface area contributed by atoms with Crippen LogP contribution in [0.25, 0.3) is 0 Å². The summed E-state index contributed by atoms with van der Waals surface area (Å²) in [6, 6.07) is 0. The Morgan fingerprint density at radius 1 is 1.78 bits per heavy atom. The molecule has 1 unspecified atom stereocenters. The molecule has 0 fully saturated rings. The van der Waals surface area contributed by atoms with E-state index >= 15 is 0 Å². The minimum atomic E-state index is -0.507. The van der Waals surface area contributed by atoms with Gasteiger partial charge in [0.15, 0.2) is 0 Å². The second kappa shape index (κ2) is 5.90. The fraction of sp³-hybridized carbons (Fsp3) is 0.500. The Hall–Kier alpha value is -0.230. The first-order chi connectivity index (χ1) is 3.66. The topological polar surface area (TPSA) is 26.3 Å². The number of hydrogen-bond donors (Lipinski definition) is 0. The Bertz CT molecular complexity index is 126. The van der Waals surface area contributed by atoms with Crippen molar-refractivity contribution in [3.8, 4) is 5.92 Å². The molecular weight excluding hydrogens is 212 g/mol. The van der Waals surface area contributed by atoms with E-state index in [2.05, 4.69) is 4.74 Å². The minimum Gasteiger partial charge on any atom is -0.690 e. The third-order valence-electron chi connectivity index (χ3n) is 0.546. The van der Waals surface area contributed by atoms with E-state index in [1.165, 1.54) is 6.92 Å². The molecule has 0 aromatic heterocycles. The van der Waals surface area contributed by atoms with Gasteiger partial charge in [-0.15, -0.1) is 0 Å². The van der Waals surface area contributed by atoms with Crippen molar-refractivity contribution in [3.05, 3.63) is 6.42 Å². The fourth-order valence-electron chi connectivity index (χ4n) is 0.278. The van der Waals surface area contributed by atoms with Gasteiger partial charge < -0.3 is 17.1 Å². The van der Waals surface area contributed by atoms with Gasteiger partial charge in [0.2, 0.25) is 0 Å². The fourth-order valence-corrected chi connectivity index (χ4v) is 0.278. The Morgan fingerprint density at radius 3 is 2.33 bits per heavy atom. The molecule has 0 aliphatic carbocycles. The summed E-state index contributed by atoms with van der Waals surface area (Å²) >= 11 is 0. The number of ether oxygens (including phenoxy) is 1. The van der Waals surface area contributed by atoms with Crippen molar-refractivity contribution in [2.75, 3.05) is 0 Å². The first-order valence-electron chi connectivity index (χ1n) is 2.26. The molecule has 0 saturated carbocycles. The SMILES string of the molecule is [Ag+].[C-]#CC(C)OC(C)=O. The zero-order chi connectivity index (χ0) is 6.57. The van der Waals surface area contributed by atoms with Gasteiger partial charge in [-0.05, 0) is 6.92 Å². The van der Waals surface area contributed by atoms with Crippen LogP contribution in [0.5, 0.6) is 0 Å². The third kappa shape index (κ3) is 7.77. The molecule has 0 aromatic rings. The van der Waals surface area contributed by atoms with Crippen LogP contribution in [0.1, 0.15) is 13.8 Å². The molecular formula is C6H7AgO2. The maximum Gasteiger partial charge on any atom is 1.00 e. The summed E-state index contributed by atoms with van der Waals surface area (Å²) in [5.41, 5.74) is 0. The van der Waals surface area contributed by atoms with Crippen molar-refractivity contribution in [1.82, 2.24) is 0 Å². The van der Waals surface area contributed by atoms with Crippen molar-refractivity contribution in [2.24, 2.45) is 0 Å². The number of esters is 1. The first-order valence-corrected chi connectivity index (χ1v) is 2.26. The average Bonchev–Trinajstić information content (AvgIpc) is 1.65. The molecule has 0 aliphatic rings. The summed E-state index contributed by atoms with van der Waals surface area (Å²) in [7, 11) is 0. The minimum absolute atomic E-state index is 0. The summed E-state index contributed by atoms with van der Waals surface area (Å²) in [4.78, 5) is 10.1. The average molecular weight is 219 g/mol. The number of hydrogen-bond acceptors (Lipinski definition) is 2. The molecule has 0 amide bonds. The number of carbonyl (C=O) groups excluding carboxylic acids is 1. The molecule has 0 radical (unpaired) electrons. The van der Waals surface area contributed by atoms with Gasteiger partial charge in [0.05, 0.1) is 0 Å². The van der Waals surface area contributed by atoms with Crippen LogP contribution >= 0.6 is 0 Å². The van der Waals surface area contributed by atoms with E-state index in [4.69, 9.17) is 6.42 Å². The Labute approximate surface area is 70.5 Å². The molecule has 0 rings (SSSR count). The van der Waals surface area contributed by atoms with Gasteiger partial charge in [-0.1, -0.05) is 0 Å². The van der Waals surface area contributed by atoms with Crippen molar-refractivity contribution in [2.45, 2.75) is 20.0 Å². The van der Waals surface area contributed by atoms with Gasteiger partial charge in [-0.25, -0.2) is 0 Å². The van der Waals surface area contributed by atoms with Gasteiger partial charge in [0.1, 0.15) is 6.10 Å². The zero-order valence-electron chi connectivity index (χ0n) is 5.20. The van der Waals surface area contributed by atoms with Gasteiger partial charge in [0.25, 0.3) is 0 Å². The van der Waals surface area contributed by atoms with E-state index in [1.54, 1.807) is 6.92 Å². The second-order valence-electron chi connectivity index (χ2n) is 1.40. The quantitative estimate of drug-likeness (QED) is 0.278. The van der Waals surface area contributed by atoms with Crippen LogP contribution in [-0.2, 0) is 31.9 Å². The van der Waals surface area contributed by atoms with Crippen molar-refractivity contribution in [1.29, 1.82) is 0 Å². The third-order valence-corrected chi connectivity index (χ3v) is 0.546. The summed E-state index contributed by atoms with van der Waals surface area (Å²) in [6.07, 6.45) is 5.97. The standard InChI is InChI=1S/C6H7O2.Ag/c1-4-5(2)8-6(3)7;/h5H,2-3H3;/q-1;+1. The van der Waals surface area contributed by atoms with E-state index in [1.807, 2.05) is 5.92 Å². The molecule has 0 saturated heterocycles. The van der Waals surface area contributed by atoms with Crippen molar-refractivity contribution < 1.29 is 31.9 Å². The molecule has 0 aliphatic heterocycles. The van der Waals surface area contributed by atoms with Gasteiger partial charge in [-0.3, -0.25) is 4.79 Å². The molecule has 0 N–H and O–H groups in total. The Morgan fingerprint density at radius 2 is 2.22 bits per heavy atom. The van der Waals surface area contributed by atoms with Crippen molar-refractivity contribution in [3.63, 3.8) is 0 Å². The maximum absolute atomic E-state index is 10.1. The molecule has 0 heterocycles. The summed E-state index contributed by atoms with van der Waals surface area (Å²) < 4.78 is 4.46. The largest absolute Gasteiger partial charge is 1.00 e.